The smallest absolute Gasteiger partial charge is 0.409 e. The van der Waals surface area contributed by atoms with Crippen molar-refractivity contribution in [3.63, 3.8) is 0 Å². The number of aryl methyl sites for hydroxylation is 1. The van der Waals surface area contributed by atoms with Gasteiger partial charge in [0.15, 0.2) is 0 Å². The van der Waals surface area contributed by atoms with Crippen molar-refractivity contribution in [3.8, 4) is 0 Å². The van der Waals surface area contributed by atoms with Crippen LogP contribution in [-0.2, 0) is 4.74 Å². The number of carbonyl (C=O) groups is 2. The van der Waals surface area contributed by atoms with Gasteiger partial charge in [-0.05, 0) is 38.1 Å². The monoisotopic (exact) mass is 368 g/mol. The predicted octanol–water partition coefficient (Wildman–Crippen LogP) is 2.92. The number of piperazine rings is 1. The first-order valence-corrected chi connectivity index (χ1v) is 9.07. The fraction of sp³-hybridized carbons (Fsp3) is 0.350. The second-order valence-electron chi connectivity index (χ2n) is 6.40. The highest BCUT2D eigenvalue weighted by atomic mass is 16.6. The van der Waals surface area contributed by atoms with Crippen molar-refractivity contribution in [2.24, 2.45) is 0 Å². The van der Waals surface area contributed by atoms with Gasteiger partial charge >= 0.3 is 6.09 Å². The van der Waals surface area contributed by atoms with Gasteiger partial charge in [0.1, 0.15) is 5.82 Å². The number of aromatic nitrogens is 1. The normalized spacial score (nSPS) is 14.0. The summed E-state index contributed by atoms with van der Waals surface area (Å²) in [6.45, 7) is 6.74. The molecule has 142 valence electrons. The zero-order chi connectivity index (χ0) is 19.2. The topological polar surface area (TPSA) is 74.8 Å². The average molecular weight is 368 g/mol. The highest BCUT2D eigenvalue weighted by Gasteiger charge is 2.22. The molecule has 2 aromatic rings. The van der Waals surface area contributed by atoms with E-state index < -0.39 is 0 Å². The van der Waals surface area contributed by atoms with E-state index in [1.54, 1.807) is 24.1 Å². The molecule has 0 atom stereocenters. The zero-order valence-corrected chi connectivity index (χ0v) is 15.6. The van der Waals surface area contributed by atoms with Gasteiger partial charge in [-0.2, -0.15) is 0 Å². The number of nitrogens with zero attached hydrogens (tertiary/aromatic N) is 3. The Balaban J connectivity index is 1.56. The van der Waals surface area contributed by atoms with E-state index in [1.807, 2.05) is 37.3 Å². The molecule has 1 aliphatic heterocycles. The molecule has 1 aromatic heterocycles. The van der Waals surface area contributed by atoms with Crippen LogP contribution >= 0.6 is 0 Å². The lowest BCUT2D eigenvalue weighted by molar-refractivity contribution is 0.102. The van der Waals surface area contributed by atoms with Crippen LogP contribution in [0, 0.1) is 6.92 Å². The van der Waals surface area contributed by atoms with E-state index in [2.05, 4.69) is 15.2 Å². The molecule has 7 heteroatoms. The van der Waals surface area contributed by atoms with Crippen LogP contribution in [0.15, 0.2) is 42.6 Å². The minimum absolute atomic E-state index is 0.156. The third-order valence-electron chi connectivity index (χ3n) is 4.42. The van der Waals surface area contributed by atoms with Gasteiger partial charge in [0, 0.05) is 31.7 Å². The molecule has 3 rings (SSSR count). The van der Waals surface area contributed by atoms with E-state index in [0.29, 0.717) is 44.0 Å². The number of hydrogen-bond acceptors (Lipinski definition) is 5. The number of carbonyl (C=O) groups excluding carboxylic acids is 2. The Labute approximate surface area is 158 Å². The van der Waals surface area contributed by atoms with Crippen molar-refractivity contribution in [3.05, 3.63) is 53.7 Å². The van der Waals surface area contributed by atoms with Gasteiger partial charge in [0.2, 0.25) is 0 Å². The Bertz CT molecular complexity index is 799. The molecular weight excluding hydrogens is 344 g/mol. The molecule has 0 bridgehead atoms. The number of amides is 2. The summed E-state index contributed by atoms with van der Waals surface area (Å²) in [4.78, 5) is 32.3. The molecule has 27 heavy (non-hydrogen) atoms. The van der Waals surface area contributed by atoms with Crippen molar-refractivity contribution in [1.29, 1.82) is 0 Å². The average Bonchev–Trinajstić information content (AvgIpc) is 2.69. The van der Waals surface area contributed by atoms with Crippen LogP contribution in [0.1, 0.15) is 22.8 Å². The number of benzene rings is 1. The van der Waals surface area contributed by atoms with Crippen molar-refractivity contribution in [1.82, 2.24) is 9.88 Å². The highest BCUT2D eigenvalue weighted by Crippen LogP contribution is 2.17. The number of pyridine rings is 1. The van der Waals surface area contributed by atoms with E-state index in [0.717, 1.165) is 11.4 Å². The number of rotatable bonds is 4. The van der Waals surface area contributed by atoms with Gasteiger partial charge in [-0.1, -0.05) is 17.7 Å². The van der Waals surface area contributed by atoms with Gasteiger partial charge in [0.25, 0.3) is 5.91 Å². The molecule has 0 radical (unpaired) electrons. The standard InChI is InChI=1S/C20H24N4O3/c1-3-27-20(26)24-11-9-23(10-12-24)18-8-7-17(14-21-18)22-19(25)16-6-4-5-15(2)13-16/h4-8,13-14H,3,9-12H2,1-2H3,(H,22,25). The Morgan fingerprint density at radius 3 is 2.56 bits per heavy atom. The fourth-order valence-corrected chi connectivity index (χ4v) is 2.97. The fourth-order valence-electron chi connectivity index (χ4n) is 2.97. The van der Waals surface area contributed by atoms with Crippen LogP contribution in [0.25, 0.3) is 0 Å². The largest absolute Gasteiger partial charge is 0.450 e. The highest BCUT2D eigenvalue weighted by molar-refractivity contribution is 6.04. The van der Waals surface area contributed by atoms with Crippen LogP contribution < -0.4 is 10.2 Å². The summed E-state index contributed by atoms with van der Waals surface area (Å²) in [5.41, 5.74) is 2.31. The molecule has 0 saturated carbocycles. The molecule has 2 heterocycles. The molecule has 0 spiro atoms. The summed E-state index contributed by atoms with van der Waals surface area (Å²) in [7, 11) is 0. The molecule has 1 aromatic carbocycles. The molecule has 1 aliphatic rings. The summed E-state index contributed by atoms with van der Waals surface area (Å²) in [6.07, 6.45) is 1.39. The third-order valence-corrected chi connectivity index (χ3v) is 4.42. The van der Waals surface area contributed by atoms with Crippen molar-refractivity contribution in [2.75, 3.05) is 43.0 Å². The summed E-state index contributed by atoms with van der Waals surface area (Å²) in [5, 5.41) is 2.86. The number of ether oxygens (including phenoxy) is 1. The van der Waals surface area contributed by atoms with Gasteiger partial charge < -0.3 is 19.9 Å². The molecule has 1 saturated heterocycles. The summed E-state index contributed by atoms with van der Waals surface area (Å²) in [6, 6.07) is 11.2. The summed E-state index contributed by atoms with van der Waals surface area (Å²) >= 11 is 0. The van der Waals surface area contributed by atoms with Crippen LogP contribution in [0.2, 0.25) is 0 Å². The van der Waals surface area contributed by atoms with Crippen LogP contribution in [0.4, 0.5) is 16.3 Å². The Morgan fingerprint density at radius 1 is 1.15 bits per heavy atom. The summed E-state index contributed by atoms with van der Waals surface area (Å²) in [5.74, 6) is 0.670. The first-order valence-electron chi connectivity index (χ1n) is 9.07. The second kappa shape index (κ2) is 8.53. The molecule has 2 amide bonds. The van der Waals surface area contributed by atoms with Crippen molar-refractivity contribution < 1.29 is 14.3 Å². The maximum absolute atomic E-state index is 12.3. The van der Waals surface area contributed by atoms with Gasteiger partial charge in [-0.25, -0.2) is 9.78 Å². The minimum Gasteiger partial charge on any atom is -0.450 e. The molecule has 1 N–H and O–H groups in total. The quantitative estimate of drug-likeness (QED) is 0.898. The van der Waals surface area contributed by atoms with Gasteiger partial charge in [-0.15, -0.1) is 0 Å². The molecule has 1 fully saturated rings. The second-order valence-corrected chi connectivity index (χ2v) is 6.40. The number of anilines is 2. The zero-order valence-electron chi connectivity index (χ0n) is 15.6. The lowest BCUT2D eigenvalue weighted by atomic mass is 10.1. The molecule has 0 aliphatic carbocycles. The van der Waals surface area contributed by atoms with E-state index in [1.165, 1.54) is 0 Å². The van der Waals surface area contributed by atoms with Crippen molar-refractivity contribution in [2.45, 2.75) is 13.8 Å². The van der Waals surface area contributed by atoms with E-state index in [9.17, 15) is 9.59 Å². The van der Waals surface area contributed by atoms with Crippen LogP contribution in [-0.4, -0.2) is 54.7 Å². The Morgan fingerprint density at radius 2 is 1.93 bits per heavy atom. The number of nitrogens with one attached hydrogen (secondary N) is 1. The Kier molecular flexibility index (Phi) is 5.90. The van der Waals surface area contributed by atoms with E-state index >= 15 is 0 Å². The molecule has 0 unspecified atom stereocenters. The third kappa shape index (κ3) is 4.75. The maximum Gasteiger partial charge on any atom is 0.409 e. The van der Waals surface area contributed by atoms with Crippen molar-refractivity contribution >= 4 is 23.5 Å². The molecule has 7 nitrogen and oxygen atoms in total. The van der Waals surface area contributed by atoms with E-state index in [4.69, 9.17) is 4.74 Å². The predicted molar refractivity (Wildman–Crippen MR) is 104 cm³/mol. The van der Waals surface area contributed by atoms with Crippen LogP contribution in [0.3, 0.4) is 0 Å². The summed E-state index contributed by atoms with van der Waals surface area (Å²) < 4.78 is 5.03. The van der Waals surface area contributed by atoms with Gasteiger partial charge in [-0.3, -0.25) is 4.79 Å². The minimum atomic E-state index is -0.265. The van der Waals surface area contributed by atoms with Gasteiger partial charge in [0.05, 0.1) is 18.5 Å². The van der Waals surface area contributed by atoms with Crippen LogP contribution in [0.5, 0.6) is 0 Å². The first-order chi connectivity index (χ1) is 13.1. The SMILES string of the molecule is CCOC(=O)N1CCN(c2ccc(NC(=O)c3cccc(C)c3)cn2)CC1. The van der Waals surface area contributed by atoms with E-state index in [-0.39, 0.29) is 12.0 Å². The maximum atomic E-state index is 12.3. The lowest BCUT2D eigenvalue weighted by Crippen LogP contribution is -2.49. The lowest BCUT2D eigenvalue weighted by Gasteiger charge is -2.34. The first kappa shape index (κ1) is 18.7. The number of hydrogen-bond donors (Lipinski definition) is 1. The Hall–Kier alpha value is -3.09. The molecular formula is C20H24N4O3.